The van der Waals surface area contributed by atoms with E-state index < -0.39 is 0 Å². The molecule has 0 aromatic heterocycles. The van der Waals surface area contributed by atoms with Gasteiger partial charge in [-0.1, -0.05) is 13.8 Å². The van der Waals surface area contributed by atoms with Gasteiger partial charge in [0.1, 0.15) is 0 Å². The lowest BCUT2D eigenvalue weighted by atomic mass is 9.92. The van der Waals surface area contributed by atoms with Gasteiger partial charge in [-0.25, -0.2) is 0 Å². The molecule has 0 saturated carbocycles. The van der Waals surface area contributed by atoms with Crippen molar-refractivity contribution in [2.45, 2.75) is 39.2 Å². The first-order chi connectivity index (χ1) is 7.55. The zero-order chi connectivity index (χ0) is 12.2. The minimum Gasteiger partial charge on any atom is -0.396 e. The SMILES string of the molecule is CCC(C)(CC)N1CCN(C)CC(CO)C1. The molecular formula is C13H28N2O. The Kier molecular flexibility index (Phi) is 5.22. The van der Waals surface area contributed by atoms with E-state index in [9.17, 15) is 5.11 Å². The molecule has 1 rings (SSSR count). The first kappa shape index (κ1) is 13.9. The van der Waals surface area contributed by atoms with Gasteiger partial charge in [0.15, 0.2) is 0 Å². The van der Waals surface area contributed by atoms with Crippen LogP contribution in [0.25, 0.3) is 0 Å². The molecule has 3 heteroatoms. The Hall–Kier alpha value is -0.120. The van der Waals surface area contributed by atoms with Gasteiger partial charge in [-0.15, -0.1) is 0 Å². The van der Waals surface area contributed by atoms with Crippen LogP contribution in [0.2, 0.25) is 0 Å². The van der Waals surface area contributed by atoms with Crippen LogP contribution in [-0.4, -0.2) is 60.3 Å². The van der Waals surface area contributed by atoms with Crippen molar-refractivity contribution in [3.05, 3.63) is 0 Å². The van der Waals surface area contributed by atoms with Crippen molar-refractivity contribution in [3.63, 3.8) is 0 Å². The van der Waals surface area contributed by atoms with Crippen molar-refractivity contribution in [1.29, 1.82) is 0 Å². The molecule has 0 bridgehead atoms. The fourth-order valence-corrected chi connectivity index (χ4v) is 2.59. The molecule has 0 aromatic carbocycles. The Morgan fingerprint density at radius 1 is 1.19 bits per heavy atom. The largest absolute Gasteiger partial charge is 0.396 e. The summed E-state index contributed by atoms with van der Waals surface area (Å²) < 4.78 is 0. The van der Waals surface area contributed by atoms with Crippen LogP contribution in [0.1, 0.15) is 33.6 Å². The Balaban J connectivity index is 2.72. The molecule has 16 heavy (non-hydrogen) atoms. The zero-order valence-electron chi connectivity index (χ0n) is 11.4. The predicted molar refractivity (Wildman–Crippen MR) is 68.6 cm³/mol. The van der Waals surface area contributed by atoms with Crippen LogP contribution in [-0.2, 0) is 0 Å². The van der Waals surface area contributed by atoms with Crippen molar-refractivity contribution in [3.8, 4) is 0 Å². The maximum Gasteiger partial charge on any atom is 0.0483 e. The molecule has 1 aliphatic rings. The van der Waals surface area contributed by atoms with E-state index in [1.54, 1.807) is 0 Å². The molecule has 0 aromatic rings. The topological polar surface area (TPSA) is 26.7 Å². The number of rotatable bonds is 4. The third-order valence-electron chi connectivity index (χ3n) is 4.35. The highest BCUT2D eigenvalue weighted by atomic mass is 16.3. The first-order valence-corrected chi connectivity index (χ1v) is 6.60. The summed E-state index contributed by atoms with van der Waals surface area (Å²) in [6, 6.07) is 0. The highest BCUT2D eigenvalue weighted by Crippen LogP contribution is 2.25. The van der Waals surface area contributed by atoms with Crippen molar-refractivity contribution >= 4 is 0 Å². The fourth-order valence-electron chi connectivity index (χ4n) is 2.59. The molecule has 0 radical (unpaired) electrons. The number of aliphatic hydroxyl groups excluding tert-OH is 1. The molecule has 0 spiro atoms. The van der Waals surface area contributed by atoms with E-state index in [0.717, 1.165) is 26.2 Å². The van der Waals surface area contributed by atoms with Crippen LogP contribution in [0.3, 0.4) is 0 Å². The standard InChI is InChI=1S/C13H28N2O/c1-5-13(3,6-2)15-8-7-14(4)9-12(10-15)11-16/h12,16H,5-11H2,1-4H3. The van der Waals surface area contributed by atoms with E-state index in [0.29, 0.717) is 18.1 Å². The van der Waals surface area contributed by atoms with E-state index in [1.807, 2.05) is 0 Å². The highest BCUT2D eigenvalue weighted by Gasteiger charge is 2.31. The van der Waals surface area contributed by atoms with E-state index in [1.165, 1.54) is 12.8 Å². The van der Waals surface area contributed by atoms with E-state index >= 15 is 0 Å². The van der Waals surface area contributed by atoms with Gasteiger partial charge >= 0.3 is 0 Å². The van der Waals surface area contributed by atoms with E-state index in [4.69, 9.17) is 0 Å². The van der Waals surface area contributed by atoms with Gasteiger partial charge in [0, 0.05) is 44.2 Å². The average molecular weight is 228 g/mol. The molecule has 1 fully saturated rings. The molecule has 1 heterocycles. The van der Waals surface area contributed by atoms with Crippen molar-refractivity contribution < 1.29 is 5.11 Å². The fraction of sp³-hybridized carbons (Fsp3) is 1.00. The summed E-state index contributed by atoms with van der Waals surface area (Å²) in [6.07, 6.45) is 2.37. The number of likely N-dealkylation sites (N-methyl/N-ethyl adjacent to an activating group) is 1. The predicted octanol–water partition coefficient (Wildman–Crippen LogP) is 1.42. The van der Waals surface area contributed by atoms with Gasteiger partial charge in [-0.2, -0.15) is 0 Å². The molecule has 1 aliphatic heterocycles. The summed E-state index contributed by atoms with van der Waals surface area (Å²) in [7, 11) is 2.15. The lowest BCUT2D eigenvalue weighted by molar-refractivity contribution is 0.0754. The molecule has 0 amide bonds. The minimum absolute atomic E-state index is 0.304. The monoisotopic (exact) mass is 228 g/mol. The van der Waals surface area contributed by atoms with Gasteiger partial charge < -0.3 is 10.0 Å². The Morgan fingerprint density at radius 2 is 1.81 bits per heavy atom. The number of hydrogen-bond donors (Lipinski definition) is 1. The Morgan fingerprint density at radius 3 is 2.31 bits per heavy atom. The van der Waals surface area contributed by atoms with Gasteiger partial charge in [0.05, 0.1) is 0 Å². The summed E-state index contributed by atoms with van der Waals surface area (Å²) in [5, 5.41) is 9.41. The lowest BCUT2D eigenvalue weighted by Gasteiger charge is -2.40. The van der Waals surface area contributed by atoms with Crippen molar-refractivity contribution in [1.82, 2.24) is 9.80 Å². The molecule has 1 saturated heterocycles. The molecule has 1 N–H and O–H groups in total. The quantitative estimate of drug-likeness (QED) is 0.788. The smallest absolute Gasteiger partial charge is 0.0483 e. The maximum absolute atomic E-state index is 9.41. The van der Waals surface area contributed by atoms with E-state index in [-0.39, 0.29) is 0 Å². The average Bonchev–Trinajstić information content (AvgIpc) is 2.50. The van der Waals surface area contributed by atoms with Gasteiger partial charge in [0.25, 0.3) is 0 Å². The highest BCUT2D eigenvalue weighted by molar-refractivity contribution is 4.87. The second-order valence-electron chi connectivity index (χ2n) is 5.46. The van der Waals surface area contributed by atoms with Gasteiger partial charge in [0.2, 0.25) is 0 Å². The number of aliphatic hydroxyl groups is 1. The Labute approximate surface area is 100 Å². The van der Waals surface area contributed by atoms with Gasteiger partial charge in [-0.3, -0.25) is 4.90 Å². The number of nitrogens with zero attached hydrogens (tertiary/aromatic N) is 2. The van der Waals surface area contributed by atoms with Gasteiger partial charge in [-0.05, 0) is 26.8 Å². The summed E-state index contributed by atoms with van der Waals surface area (Å²) in [5.74, 6) is 0.407. The summed E-state index contributed by atoms with van der Waals surface area (Å²) in [5.41, 5.74) is 0.304. The molecule has 1 unspecified atom stereocenters. The summed E-state index contributed by atoms with van der Waals surface area (Å²) in [6.45, 7) is 11.5. The third kappa shape index (κ3) is 3.19. The van der Waals surface area contributed by atoms with Crippen LogP contribution in [0.15, 0.2) is 0 Å². The summed E-state index contributed by atoms with van der Waals surface area (Å²) in [4.78, 5) is 4.92. The Bertz CT molecular complexity index is 204. The van der Waals surface area contributed by atoms with Crippen LogP contribution < -0.4 is 0 Å². The maximum atomic E-state index is 9.41. The molecular weight excluding hydrogens is 200 g/mol. The first-order valence-electron chi connectivity index (χ1n) is 6.60. The van der Waals surface area contributed by atoms with Crippen LogP contribution in [0.5, 0.6) is 0 Å². The van der Waals surface area contributed by atoms with Crippen molar-refractivity contribution in [2.75, 3.05) is 39.8 Å². The molecule has 96 valence electrons. The van der Waals surface area contributed by atoms with E-state index in [2.05, 4.69) is 37.6 Å². The van der Waals surface area contributed by atoms with Crippen molar-refractivity contribution in [2.24, 2.45) is 5.92 Å². The normalized spacial score (nSPS) is 25.7. The zero-order valence-corrected chi connectivity index (χ0v) is 11.4. The third-order valence-corrected chi connectivity index (χ3v) is 4.35. The second-order valence-corrected chi connectivity index (χ2v) is 5.46. The minimum atomic E-state index is 0.304. The lowest BCUT2D eigenvalue weighted by Crippen LogP contribution is -2.48. The van der Waals surface area contributed by atoms with Crippen LogP contribution in [0.4, 0.5) is 0 Å². The van der Waals surface area contributed by atoms with Crippen LogP contribution in [0, 0.1) is 5.92 Å². The second kappa shape index (κ2) is 5.99. The molecule has 1 atom stereocenters. The number of hydrogen-bond acceptors (Lipinski definition) is 3. The van der Waals surface area contributed by atoms with Crippen LogP contribution >= 0.6 is 0 Å². The summed E-state index contributed by atoms with van der Waals surface area (Å²) >= 11 is 0. The molecule has 0 aliphatic carbocycles. The molecule has 3 nitrogen and oxygen atoms in total.